The van der Waals surface area contributed by atoms with Crippen LogP contribution in [-0.2, 0) is 9.53 Å². The molecule has 25 heavy (non-hydrogen) atoms. The van der Waals surface area contributed by atoms with Crippen LogP contribution in [0.5, 0.6) is 5.75 Å². The van der Waals surface area contributed by atoms with Crippen LogP contribution in [0.1, 0.15) is 31.2 Å². The Bertz CT molecular complexity index is 736. The zero-order chi connectivity index (χ0) is 17.8. The lowest BCUT2D eigenvalue weighted by atomic mass is 10.2. The molecule has 0 N–H and O–H groups in total. The van der Waals surface area contributed by atoms with Gasteiger partial charge in [0, 0.05) is 13.5 Å². The SMILES string of the molecule is Cc1nnc([C@H]2CN(C(=O)CCOc3ccccc3F)C[C@@H](C)O2)o1. The summed E-state index contributed by atoms with van der Waals surface area (Å²) in [5.41, 5.74) is 0. The van der Waals surface area contributed by atoms with Crippen LogP contribution in [0.2, 0.25) is 0 Å². The molecule has 2 aromatic rings. The van der Waals surface area contributed by atoms with Crippen molar-refractivity contribution in [1.29, 1.82) is 0 Å². The van der Waals surface area contributed by atoms with E-state index < -0.39 is 11.9 Å². The van der Waals surface area contributed by atoms with Gasteiger partial charge in [-0.05, 0) is 19.1 Å². The number of hydrogen-bond donors (Lipinski definition) is 0. The molecule has 3 rings (SSSR count). The molecule has 2 heterocycles. The monoisotopic (exact) mass is 349 g/mol. The highest BCUT2D eigenvalue weighted by Crippen LogP contribution is 2.24. The molecule has 1 aliphatic heterocycles. The third-order valence-corrected chi connectivity index (χ3v) is 3.84. The Balaban J connectivity index is 1.55. The van der Waals surface area contributed by atoms with E-state index in [-0.39, 0.29) is 30.8 Å². The summed E-state index contributed by atoms with van der Waals surface area (Å²) in [5.74, 6) is 0.428. The molecule has 0 unspecified atom stereocenters. The lowest BCUT2D eigenvalue weighted by Gasteiger charge is -2.35. The number of carbonyl (C=O) groups excluding carboxylic acids is 1. The quantitative estimate of drug-likeness (QED) is 0.824. The summed E-state index contributed by atoms with van der Waals surface area (Å²) in [4.78, 5) is 14.1. The van der Waals surface area contributed by atoms with E-state index in [1.807, 2.05) is 6.92 Å². The number of ether oxygens (including phenoxy) is 2. The molecule has 1 fully saturated rings. The predicted octanol–water partition coefficient (Wildman–Crippen LogP) is 2.27. The number of morpholine rings is 1. The van der Waals surface area contributed by atoms with Crippen LogP contribution in [-0.4, -0.2) is 46.8 Å². The Kier molecular flexibility index (Phi) is 5.28. The Morgan fingerprint density at radius 1 is 1.36 bits per heavy atom. The number of aryl methyl sites for hydroxylation is 1. The number of benzene rings is 1. The summed E-state index contributed by atoms with van der Waals surface area (Å²) in [6.07, 6.45) is -0.444. The minimum atomic E-state index is -0.443. The summed E-state index contributed by atoms with van der Waals surface area (Å²) in [6, 6.07) is 6.12. The highest BCUT2D eigenvalue weighted by molar-refractivity contribution is 5.76. The maximum absolute atomic E-state index is 13.5. The normalized spacial score (nSPS) is 20.5. The molecule has 0 aliphatic carbocycles. The molecule has 0 saturated carbocycles. The van der Waals surface area contributed by atoms with Gasteiger partial charge < -0.3 is 18.8 Å². The Morgan fingerprint density at radius 2 is 2.16 bits per heavy atom. The Hall–Kier alpha value is -2.48. The molecule has 0 spiro atoms. The first-order valence-corrected chi connectivity index (χ1v) is 8.13. The highest BCUT2D eigenvalue weighted by Gasteiger charge is 2.32. The van der Waals surface area contributed by atoms with E-state index in [0.717, 1.165) is 0 Å². The molecule has 0 radical (unpaired) electrons. The lowest BCUT2D eigenvalue weighted by molar-refractivity contribution is -0.147. The number of hydrogen-bond acceptors (Lipinski definition) is 6. The highest BCUT2D eigenvalue weighted by atomic mass is 19.1. The largest absolute Gasteiger partial charge is 0.490 e. The van der Waals surface area contributed by atoms with Crippen LogP contribution in [0, 0.1) is 12.7 Å². The van der Waals surface area contributed by atoms with Gasteiger partial charge in [0.1, 0.15) is 0 Å². The fourth-order valence-electron chi connectivity index (χ4n) is 2.70. The van der Waals surface area contributed by atoms with Crippen molar-refractivity contribution in [3.8, 4) is 5.75 Å². The standard InChI is InChI=1S/C17H20FN3O4/c1-11-9-21(10-15(24-11)17-20-19-12(2)25-17)16(22)7-8-23-14-6-4-3-5-13(14)18/h3-6,11,15H,7-10H2,1-2H3/t11-,15-/m1/s1. The molecular weight excluding hydrogens is 329 g/mol. The third-order valence-electron chi connectivity index (χ3n) is 3.84. The lowest BCUT2D eigenvalue weighted by Crippen LogP contribution is -2.46. The zero-order valence-electron chi connectivity index (χ0n) is 14.1. The smallest absolute Gasteiger partial charge is 0.247 e. The van der Waals surface area contributed by atoms with Crippen molar-refractivity contribution in [3.63, 3.8) is 0 Å². The maximum atomic E-state index is 13.5. The van der Waals surface area contributed by atoms with Crippen molar-refractivity contribution in [2.24, 2.45) is 0 Å². The number of amides is 1. The number of rotatable bonds is 5. The van der Waals surface area contributed by atoms with Crippen LogP contribution in [0.25, 0.3) is 0 Å². The van der Waals surface area contributed by atoms with Gasteiger partial charge in [-0.2, -0.15) is 0 Å². The average molecular weight is 349 g/mol. The zero-order valence-corrected chi connectivity index (χ0v) is 14.1. The second kappa shape index (κ2) is 7.60. The van der Waals surface area contributed by atoms with Crippen molar-refractivity contribution in [1.82, 2.24) is 15.1 Å². The topological polar surface area (TPSA) is 77.7 Å². The molecule has 0 bridgehead atoms. The van der Waals surface area contributed by atoms with E-state index in [4.69, 9.17) is 13.9 Å². The van der Waals surface area contributed by atoms with Gasteiger partial charge in [-0.3, -0.25) is 4.79 Å². The summed E-state index contributed by atoms with van der Waals surface area (Å²) in [6.45, 7) is 4.50. The van der Waals surface area contributed by atoms with Gasteiger partial charge in [0.15, 0.2) is 17.7 Å². The number of aromatic nitrogens is 2. The third kappa shape index (κ3) is 4.33. The first-order chi connectivity index (χ1) is 12.0. The number of nitrogens with zero attached hydrogens (tertiary/aromatic N) is 3. The van der Waals surface area contributed by atoms with E-state index in [9.17, 15) is 9.18 Å². The molecule has 7 nitrogen and oxygen atoms in total. The predicted molar refractivity (Wildman–Crippen MR) is 85.4 cm³/mol. The molecular formula is C17H20FN3O4. The number of carbonyl (C=O) groups is 1. The van der Waals surface area contributed by atoms with Crippen molar-refractivity contribution in [3.05, 3.63) is 41.9 Å². The van der Waals surface area contributed by atoms with Gasteiger partial charge in [-0.15, -0.1) is 10.2 Å². The van der Waals surface area contributed by atoms with E-state index in [2.05, 4.69) is 10.2 Å². The van der Waals surface area contributed by atoms with Crippen molar-refractivity contribution >= 4 is 5.91 Å². The summed E-state index contributed by atoms with van der Waals surface area (Å²) < 4.78 is 30.0. The van der Waals surface area contributed by atoms with Gasteiger partial charge in [-0.25, -0.2) is 4.39 Å². The van der Waals surface area contributed by atoms with E-state index in [1.165, 1.54) is 12.1 Å². The van der Waals surface area contributed by atoms with E-state index >= 15 is 0 Å². The molecule has 1 aliphatic rings. The fourth-order valence-corrected chi connectivity index (χ4v) is 2.70. The second-order valence-electron chi connectivity index (χ2n) is 5.92. The summed E-state index contributed by atoms with van der Waals surface area (Å²) >= 11 is 0. The Morgan fingerprint density at radius 3 is 2.88 bits per heavy atom. The van der Waals surface area contributed by atoms with Crippen molar-refractivity contribution < 1.29 is 23.1 Å². The van der Waals surface area contributed by atoms with Gasteiger partial charge in [0.05, 0.1) is 25.7 Å². The van der Waals surface area contributed by atoms with Crippen LogP contribution >= 0.6 is 0 Å². The van der Waals surface area contributed by atoms with Crippen molar-refractivity contribution in [2.75, 3.05) is 19.7 Å². The first-order valence-electron chi connectivity index (χ1n) is 8.13. The molecule has 1 amide bonds. The maximum Gasteiger partial charge on any atom is 0.247 e. The van der Waals surface area contributed by atoms with E-state index in [0.29, 0.717) is 24.9 Å². The fraction of sp³-hybridized carbons (Fsp3) is 0.471. The van der Waals surface area contributed by atoms with Crippen LogP contribution in [0.15, 0.2) is 28.7 Å². The summed E-state index contributed by atoms with van der Waals surface area (Å²) in [7, 11) is 0. The van der Waals surface area contributed by atoms with Gasteiger partial charge in [0.2, 0.25) is 17.7 Å². The van der Waals surface area contributed by atoms with Gasteiger partial charge in [-0.1, -0.05) is 12.1 Å². The van der Waals surface area contributed by atoms with Crippen LogP contribution in [0.3, 0.4) is 0 Å². The number of halogens is 1. The van der Waals surface area contributed by atoms with Crippen LogP contribution < -0.4 is 4.74 Å². The molecule has 1 saturated heterocycles. The van der Waals surface area contributed by atoms with Crippen LogP contribution in [0.4, 0.5) is 4.39 Å². The van der Waals surface area contributed by atoms with Gasteiger partial charge in [0.25, 0.3) is 0 Å². The Labute approximate surface area is 144 Å². The molecule has 1 aromatic heterocycles. The molecule has 134 valence electrons. The van der Waals surface area contributed by atoms with Crippen molar-refractivity contribution in [2.45, 2.75) is 32.5 Å². The average Bonchev–Trinajstić information content (AvgIpc) is 3.02. The first kappa shape index (κ1) is 17.3. The number of para-hydroxylation sites is 1. The summed E-state index contributed by atoms with van der Waals surface area (Å²) in [5, 5.41) is 7.76. The molecule has 8 heteroatoms. The molecule has 1 aromatic carbocycles. The minimum Gasteiger partial charge on any atom is -0.490 e. The van der Waals surface area contributed by atoms with E-state index in [1.54, 1.807) is 24.0 Å². The van der Waals surface area contributed by atoms with Gasteiger partial charge >= 0.3 is 0 Å². The molecule has 2 atom stereocenters. The minimum absolute atomic E-state index is 0.0901. The second-order valence-corrected chi connectivity index (χ2v) is 5.92.